The number of fused-ring (bicyclic) bond motifs is 1. The van der Waals surface area contributed by atoms with Gasteiger partial charge in [0, 0.05) is 35.7 Å². The van der Waals surface area contributed by atoms with Gasteiger partial charge in [-0.25, -0.2) is 0 Å². The van der Waals surface area contributed by atoms with E-state index < -0.39 is 5.97 Å². The van der Waals surface area contributed by atoms with Crippen LogP contribution in [0.2, 0.25) is 5.02 Å². The van der Waals surface area contributed by atoms with Crippen molar-refractivity contribution in [1.29, 1.82) is 0 Å². The van der Waals surface area contributed by atoms with Gasteiger partial charge in [0.15, 0.2) is 0 Å². The van der Waals surface area contributed by atoms with Crippen molar-refractivity contribution in [1.82, 2.24) is 14.7 Å². The molecule has 32 heavy (non-hydrogen) atoms. The highest BCUT2D eigenvalue weighted by atomic mass is 35.5. The number of hydrogen-bond acceptors (Lipinski definition) is 5. The Balaban J connectivity index is 1.72. The molecule has 166 valence electrons. The van der Waals surface area contributed by atoms with Crippen LogP contribution >= 0.6 is 11.6 Å². The van der Waals surface area contributed by atoms with E-state index in [1.165, 1.54) is 0 Å². The molecule has 1 N–H and O–H groups in total. The number of carboxylic acid groups (broad SMARTS) is 1. The minimum Gasteiger partial charge on any atom is -0.489 e. The molecule has 0 amide bonds. The van der Waals surface area contributed by atoms with Crippen LogP contribution in [0.3, 0.4) is 0 Å². The minimum atomic E-state index is -0.816. The normalized spacial score (nSPS) is 11.4. The van der Waals surface area contributed by atoms with Gasteiger partial charge in [0.1, 0.15) is 5.75 Å². The van der Waals surface area contributed by atoms with E-state index in [1.807, 2.05) is 44.3 Å². The van der Waals surface area contributed by atoms with Gasteiger partial charge in [0.25, 0.3) is 5.89 Å². The maximum absolute atomic E-state index is 11.0. The summed E-state index contributed by atoms with van der Waals surface area (Å²) in [5.74, 6) is 0.602. The summed E-state index contributed by atoms with van der Waals surface area (Å²) in [7, 11) is 0. The van der Waals surface area contributed by atoms with Crippen LogP contribution in [-0.2, 0) is 17.8 Å². The van der Waals surface area contributed by atoms with Gasteiger partial charge in [-0.2, -0.15) is 4.98 Å². The fourth-order valence-corrected chi connectivity index (χ4v) is 3.95. The van der Waals surface area contributed by atoms with Gasteiger partial charge in [0.2, 0.25) is 5.82 Å². The van der Waals surface area contributed by atoms with E-state index in [2.05, 4.69) is 21.6 Å². The standard InChI is InChI=1S/C24H24ClN3O4/c1-4-28-12-11-17-15(7-10-21(29)30)5-8-18(22(17)28)23-26-24(32-27-23)16-6-9-20(19(25)13-16)31-14(2)3/h5-6,8-9,11-14H,4,7,10H2,1-3H3,(H,29,30). The van der Waals surface area contributed by atoms with Gasteiger partial charge in [-0.1, -0.05) is 22.8 Å². The molecular formula is C24H24ClN3O4. The molecule has 0 fully saturated rings. The van der Waals surface area contributed by atoms with Crippen LogP contribution in [0.15, 0.2) is 47.1 Å². The highest BCUT2D eigenvalue weighted by Crippen LogP contribution is 2.34. The Hall–Kier alpha value is -3.32. The molecule has 0 aliphatic rings. The predicted molar refractivity (Wildman–Crippen MR) is 123 cm³/mol. The third-order valence-electron chi connectivity index (χ3n) is 5.17. The number of aliphatic carboxylic acids is 1. The number of carboxylic acids is 1. The lowest BCUT2D eigenvalue weighted by molar-refractivity contribution is -0.136. The van der Waals surface area contributed by atoms with Crippen molar-refractivity contribution in [2.45, 2.75) is 46.3 Å². The Morgan fingerprint density at radius 2 is 2.06 bits per heavy atom. The van der Waals surface area contributed by atoms with Crippen LogP contribution in [0.25, 0.3) is 33.7 Å². The summed E-state index contributed by atoms with van der Waals surface area (Å²) < 4.78 is 13.3. The van der Waals surface area contributed by atoms with E-state index in [-0.39, 0.29) is 12.5 Å². The number of aryl methyl sites for hydroxylation is 2. The highest BCUT2D eigenvalue weighted by molar-refractivity contribution is 6.32. The highest BCUT2D eigenvalue weighted by Gasteiger charge is 2.18. The molecular weight excluding hydrogens is 430 g/mol. The number of nitrogens with zero attached hydrogens (tertiary/aromatic N) is 3. The maximum Gasteiger partial charge on any atom is 0.303 e. The summed E-state index contributed by atoms with van der Waals surface area (Å²) in [6, 6.07) is 11.2. The zero-order valence-corrected chi connectivity index (χ0v) is 18.9. The number of rotatable bonds is 8. The average molecular weight is 454 g/mol. The van der Waals surface area contributed by atoms with E-state index in [4.69, 9.17) is 26.0 Å². The van der Waals surface area contributed by atoms with Gasteiger partial charge in [-0.15, -0.1) is 0 Å². The molecule has 0 aliphatic heterocycles. The smallest absolute Gasteiger partial charge is 0.303 e. The summed E-state index contributed by atoms with van der Waals surface area (Å²) in [4.78, 5) is 15.6. The monoisotopic (exact) mass is 453 g/mol. The molecule has 0 atom stereocenters. The second-order valence-electron chi connectivity index (χ2n) is 7.76. The van der Waals surface area contributed by atoms with Crippen molar-refractivity contribution in [2.75, 3.05) is 0 Å². The first-order valence-corrected chi connectivity index (χ1v) is 10.9. The summed E-state index contributed by atoms with van der Waals surface area (Å²) in [5.41, 5.74) is 3.47. The lowest BCUT2D eigenvalue weighted by Gasteiger charge is -2.11. The SMILES string of the molecule is CCn1ccc2c(CCC(=O)O)ccc(-c3noc(-c4ccc(OC(C)C)c(Cl)c4)n3)c21. The second kappa shape index (κ2) is 9.04. The number of ether oxygens (including phenoxy) is 1. The van der Waals surface area contributed by atoms with Crippen molar-refractivity contribution in [3.8, 4) is 28.6 Å². The van der Waals surface area contributed by atoms with Crippen molar-refractivity contribution in [2.24, 2.45) is 0 Å². The number of carbonyl (C=O) groups is 1. The van der Waals surface area contributed by atoms with Crippen molar-refractivity contribution < 1.29 is 19.2 Å². The minimum absolute atomic E-state index is 0.0176. The Bertz CT molecular complexity index is 1280. The fraction of sp³-hybridized carbons (Fsp3) is 0.292. The lowest BCUT2D eigenvalue weighted by atomic mass is 10.0. The van der Waals surface area contributed by atoms with Crippen LogP contribution in [0.4, 0.5) is 0 Å². The fourth-order valence-electron chi connectivity index (χ4n) is 3.72. The molecule has 4 aromatic rings. The molecule has 0 radical (unpaired) electrons. The van der Waals surface area contributed by atoms with Crippen LogP contribution in [0, 0.1) is 0 Å². The number of benzene rings is 2. The summed E-state index contributed by atoms with van der Waals surface area (Å²) >= 11 is 6.36. The van der Waals surface area contributed by atoms with E-state index in [0.29, 0.717) is 34.5 Å². The molecule has 0 spiro atoms. The lowest BCUT2D eigenvalue weighted by Crippen LogP contribution is -2.05. The van der Waals surface area contributed by atoms with Gasteiger partial charge in [0.05, 0.1) is 16.6 Å². The molecule has 8 heteroatoms. The molecule has 0 unspecified atom stereocenters. The molecule has 2 aromatic heterocycles. The second-order valence-corrected chi connectivity index (χ2v) is 8.17. The van der Waals surface area contributed by atoms with Crippen molar-refractivity contribution in [3.05, 3.63) is 53.2 Å². The van der Waals surface area contributed by atoms with Crippen LogP contribution < -0.4 is 4.74 Å². The van der Waals surface area contributed by atoms with Crippen LogP contribution in [0.1, 0.15) is 32.8 Å². The number of aromatic nitrogens is 3. The third-order valence-corrected chi connectivity index (χ3v) is 5.47. The summed E-state index contributed by atoms with van der Waals surface area (Å²) in [6.07, 6.45) is 2.55. The first kappa shape index (κ1) is 21.9. The van der Waals surface area contributed by atoms with E-state index in [0.717, 1.165) is 28.6 Å². The van der Waals surface area contributed by atoms with E-state index in [9.17, 15) is 4.79 Å². The largest absolute Gasteiger partial charge is 0.489 e. The Morgan fingerprint density at radius 1 is 1.25 bits per heavy atom. The zero-order chi connectivity index (χ0) is 22.8. The molecule has 0 saturated heterocycles. The van der Waals surface area contributed by atoms with E-state index >= 15 is 0 Å². The first-order valence-electron chi connectivity index (χ1n) is 10.5. The summed E-state index contributed by atoms with van der Waals surface area (Å²) in [5, 5.41) is 14.7. The molecule has 0 bridgehead atoms. The van der Waals surface area contributed by atoms with Gasteiger partial charge in [-0.05, 0) is 63.1 Å². The zero-order valence-electron chi connectivity index (χ0n) is 18.1. The summed E-state index contributed by atoms with van der Waals surface area (Å²) in [6.45, 7) is 6.69. The third kappa shape index (κ3) is 4.34. The molecule has 0 aliphatic carbocycles. The topological polar surface area (TPSA) is 90.4 Å². The molecule has 2 aromatic carbocycles. The van der Waals surface area contributed by atoms with Gasteiger partial charge in [-0.3, -0.25) is 4.79 Å². The van der Waals surface area contributed by atoms with Crippen molar-refractivity contribution in [3.63, 3.8) is 0 Å². The number of halogens is 1. The average Bonchev–Trinajstić information content (AvgIpc) is 3.41. The maximum atomic E-state index is 11.0. The molecule has 4 rings (SSSR count). The quantitative estimate of drug-likeness (QED) is 0.360. The Labute approximate surface area is 190 Å². The Kier molecular flexibility index (Phi) is 6.19. The molecule has 2 heterocycles. The number of hydrogen-bond donors (Lipinski definition) is 1. The van der Waals surface area contributed by atoms with Gasteiger partial charge >= 0.3 is 5.97 Å². The van der Waals surface area contributed by atoms with Crippen LogP contribution in [-0.4, -0.2) is 31.9 Å². The van der Waals surface area contributed by atoms with Crippen molar-refractivity contribution >= 4 is 28.5 Å². The van der Waals surface area contributed by atoms with Gasteiger partial charge < -0.3 is 18.9 Å². The molecule has 0 saturated carbocycles. The predicted octanol–water partition coefficient (Wildman–Crippen LogP) is 5.84. The Morgan fingerprint density at radius 3 is 2.75 bits per heavy atom. The van der Waals surface area contributed by atoms with Crippen LogP contribution in [0.5, 0.6) is 5.75 Å². The first-order chi connectivity index (χ1) is 15.4. The molecule has 7 nitrogen and oxygen atoms in total. The van der Waals surface area contributed by atoms with E-state index in [1.54, 1.807) is 12.1 Å².